The Kier molecular flexibility index (Phi) is 3.58. The van der Waals surface area contributed by atoms with Gasteiger partial charge in [-0.2, -0.15) is 15.0 Å². The second-order valence-electron chi connectivity index (χ2n) is 3.41. The third kappa shape index (κ3) is 3.14. The van der Waals surface area contributed by atoms with Crippen molar-refractivity contribution in [2.45, 2.75) is 20.4 Å². The summed E-state index contributed by atoms with van der Waals surface area (Å²) in [6, 6.07) is 0. The van der Waals surface area contributed by atoms with E-state index in [1.807, 2.05) is 0 Å². The molecule has 0 aromatic carbocycles. The quantitative estimate of drug-likeness (QED) is 0.625. The van der Waals surface area contributed by atoms with Crippen LogP contribution in [0.3, 0.4) is 0 Å². The van der Waals surface area contributed by atoms with Gasteiger partial charge in [0.15, 0.2) is 0 Å². The van der Waals surface area contributed by atoms with E-state index >= 15 is 0 Å². The van der Waals surface area contributed by atoms with Crippen molar-refractivity contribution >= 4 is 11.9 Å². The standard InChI is InChI=1S/C8H16N6/c1-5(2)4-11-8-13-6(3-9)12-7(10)14-8/h5H,3-4,9H2,1-2H3,(H3,10,11,12,13,14). The van der Waals surface area contributed by atoms with Crippen molar-refractivity contribution in [1.29, 1.82) is 0 Å². The average Bonchev–Trinajstić information content (AvgIpc) is 2.14. The van der Waals surface area contributed by atoms with Gasteiger partial charge in [0, 0.05) is 6.54 Å². The van der Waals surface area contributed by atoms with E-state index in [-0.39, 0.29) is 12.5 Å². The van der Waals surface area contributed by atoms with Crippen molar-refractivity contribution in [3.8, 4) is 0 Å². The van der Waals surface area contributed by atoms with Gasteiger partial charge in [0.1, 0.15) is 5.82 Å². The van der Waals surface area contributed by atoms with Gasteiger partial charge < -0.3 is 16.8 Å². The molecule has 14 heavy (non-hydrogen) atoms. The van der Waals surface area contributed by atoms with Crippen LogP contribution in [-0.2, 0) is 6.54 Å². The van der Waals surface area contributed by atoms with Crippen LogP contribution in [0, 0.1) is 5.92 Å². The van der Waals surface area contributed by atoms with Crippen molar-refractivity contribution in [3.63, 3.8) is 0 Å². The van der Waals surface area contributed by atoms with Gasteiger partial charge in [-0.3, -0.25) is 0 Å². The molecule has 0 fully saturated rings. The normalized spacial score (nSPS) is 10.6. The van der Waals surface area contributed by atoms with Crippen LogP contribution in [0.5, 0.6) is 0 Å². The summed E-state index contributed by atoms with van der Waals surface area (Å²) in [5.41, 5.74) is 10.9. The molecule has 78 valence electrons. The minimum absolute atomic E-state index is 0.201. The van der Waals surface area contributed by atoms with E-state index in [4.69, 9.17) is 11.5 Å². The largest absolute Gasteiger partial charge is 0.368 e. The molecule has 1 aromatic heterocycles. The van der Waals surface area contributed by atoms with Gasteiger partial charge in [-0.15, -0.1) is 0 Å². The highest BCUT2D eigenvalue weighted by Gasteiger charge is 2.02. The molecule has 0 aliphatic rings. The van der Waals surface area contributed by atoms with Gasteiger partial charge >= 0.3 is 0 Å². The van der Waals surface area contributed by atoms with E-state index in [1.54, 1.807) is 0 Å². The molecule has 0 bridgehead atoms. The lowest BCUT2D eigenvalue weighted by Gasteiger charge is -2.08. The van der Waals surface area contributed by atoms with E-state index in [1.165, 1.54) is 0 Å². The lowest BCUT2D eigenvalue weighted by atomic mass is 10.2. The first kappa shape index (κ1) is 10.6. The number of nitrogens with one attached hydrogen (secondary N) is 1. The summed E-state index contributed by atoms with van der Waals surface area (Å²) < 4.78 is 0. The molecule has 6 heteroatoms. The van der Waals surface area contributed by atoms with Crippen molar-refractivity contribution in [1.82, 2.24) is 15.0 Å². The van der Waals surface area contributed by atoms with Gasteiger partial charge in [-0.1, -0.05) is 13.8 Å². The van der Waals surface area contributed by atoms with E-state index in [0.717, 1.165) is 6.54 Å². The average molecular weight is 196 g/mol. The third-order valence-corrected chi connectivity index (χ3v) is 1.55. The number of hydrogen-bond acceptors (Lipinski definition) is 6. The first-order valence-corrected chi connectivity index (χ1v) is 4.56. The van der Waals surface area contributed by atoms with Crippen molar-refractivity contribution < 1.29 is 0 Å². The molecule has 1 heterocycles. The summed E-state index contributed by atoms with van der Waals surface area (Å²) in [4.78, 5) is 11.9. The Hall–Kier alpha value is -1.43. The summed E-state index contributed by atoms with van der Waals surface area (Å²) in [6.07, 6.45) is 0. The second kappa shape index (κ2) is 4.71. The van der Waals surface area contributed by atoms with Crippen molar-refractivity contribution in [3.05, 3.63) is 5.82 Å². The molecule has 0 aliphatic carbocycles. The van der Waals surface area contributed by atoms with Gasteiger partial charge in [0.2, 0.25) is 11.9 Å². The Labute approximate surface area is 83.1 Å². The predicted octanol–water partition coefficient (Wildman–Crippen LogP) is -0.0196. The van der Waals surface area contributed by atoms with Gasteiger partial charge in [-0.25, -0.2) is 0 Å². The zero-order chi connectivity index (χ0) is 10.6. The molecular formula is C8H16N6. The number of nitrogen functional groups attached to an aromatic ring is 1. The van der Waals surface area contributed by atoms with Crippen LogP contribution in [0.2, 0.25) is 0 Å². The topological polar surface area (TPSA) is 103 Å². The van der Waals surface area contributed by atoms with Gasteiger partial charge in [0.05, 0.1) is 6.54 Å². The number of hydrogen-bond donors (Lipinski definition) is 3. The summed E-state index contributed by atoms with van der Waals surface area (Å²) in [6.45, 7) is 5.26. The molecule has 0 saturated carbocycles. The first-order chi connectivity index (χ1) is 6.61. The van der Waals surface area contributed by atoms with E-state index < -0.39 is 0 Å². The number of nitrogens with zero attached hydrogens (tertiary/aromatic N) is 3. The highest BCUT2D eigenvalue weighted by Crippen LogP contribution is 2.03. The molecule has 6 nitrogen and oxygen atoms in total. The molecule has 0 atom stereocenters. The number of aromatic nitrogens is 3. The summed E-state index contributed by atoms with van der Waals surface area (Å²) in [5, 5.41) is 3.06. The number of nitrogens with two attached hydrogens (primary N) is 2. The van der Waals surface area contributed by atoms with Gasteiger partial charge in [-0.05, 0) is 5.92 Å². The van der Waals surface area contributed by atoms with Crippen LogP contribution in [0.1, 0.15) is 19.7 Å². The van der Waals surface area contributed by atoms with Crippen LogP contribution < -0.4 is 16.8 Å². The van der Waals surface area contributed by atoms with Crippen LogP contribution >= 0.6 is 0 Å². The van der Waals surface area contributed by atoms with E-state index in [9.17, 15) is 0 Å². The Bertz CT molecular complexity index is 298. The SMILES string of the molecule is CC(C)CNc1nc(N)nc(CN)n1. The minimum atomic E-state index is 0.201. The molecule has 0 unspecified atom stereocenters. The van der Waals surface area contributed by atoms with Crippen molar-refractivity contribution in [2.24, 2.45) is 11.7 Å². The predicted molar refractivity (Wildman–Crippen MR) is 55.5 cm³/mol. The fourth-order valence-corrected chi connectivity index (χ4v) is 0.904. The summed E-state index contributed by atoms with van der Waals surface area (Å²) in [7, 11) is 0. The van der Waals surface area contributed by atoms with Crippen LogP contribution in [0.15, 0.2) is 0 Å². The summed E-state index contributed by atoms with van der Waals surface area (Å²) >= 11 is 0. The zero-order valence-corrected chi connectivity index (χ0v) is 8.49. The monoisotopic (exact) mass is 196 g/mol. The maximum absolute atomic E-state index is 5.48. The van der Waals surface area contributed by atoms with Crippen LogP contribution in [0.25, 0.3) is 0 Å². The molecule has 1 aromatic rings. The Balaban J connectivity index is 2.71. The third-order valence-electron chi connectivity index (χ3n) is 1.55. The first-order valence-electron chi connectivity index (χ1n) is 4.56. The fourth-order valence-electron chi connectivity index (χ4n) is 0.904. The molecule has 5 N–H and O–H groups in total. The molecule has 0 saturated heterocycles. The molecule has 1 rings (SSSR count). The van der Waals surface area contributed by atoms with E-state index in [2.05, 4.69) is 34.1 Å². The Morgan fingerprint density at radius 3 is 2.57 bits per heavy atom. The maximum Gasteiger partial charge on any atom is 0.227 e. The zero-order valence-electron chi connectivity index (χ0n) is 8.49. The Morgan fingerprint density at radius 2 is 2.00 bits per heavy atom. The molecule has 0 spiro atoms. The highest BCUT2D eigenvalue weighted by molar-refractivity contribution is 5.30. The molecule has 0 amide bonds. The maximum atomic E-state index is 5.48. The van der Waals surface area contributed by atoms with Crippen molar-refractivity contribution in [2.75, 3.05) is 17.6 Å². The molecule has 0 aliphatic heterocycles. The number of rotatable bonds is 4. The molecule has 0 radical (unpaired) electrons. The van der Waals surface area contributed by atoms with Gasteiger partial charge in [0.25, 0.3) is 0 Å². The Morgan fingerprint density at radius 1 is 1.29 bits per heavy atom. The van der Waals surface area contributed by atoms with Crippen LogP contribution in [-0.4, -0.2) is 21.5 Å². The highest BCUT2D eigenvalue weighted by atomic mass is 15.2. The summed E-state index contributed by atoms with van der Waals surface area (Å²) in [5.74, 6) is 1.72. The lowest BCUT2D eigenvalue weighted by molar-refractivity contribution is 0.683. The fraction of sp³-hybridized carbons (Fsp3) is 0.625. The molecular weight excluding hydrogens is 180 g/mol. The smallest absolute Gasteiger partial charge is 0.227 e. The van der Waals surface area contributed by atoms with E-state index in [0.29, 0.717) is 17.7 Å². The van der Waals surface area contributed by atoms with Crippen LogP contribution in [0.4, 0.5) is 11.9 Å². The minimum Gasteiger partial charge on any atom is -0.368 e. The second-order valence-corrected chi connectivity index (χ2v) is 3.41. The lowest BCUT2D eigenvalue weighted by Crippen LogP contribution is -2.15. The number of anilines is 2.